The first-order valence-corrected chi connectivity index (χ1v) is 15.1. The van der Waals surface area contributed by atoms with Crippen LogP contribution in [0.25, 0.3) is 0 Å². The molecular weight excluding hydrogens is 536 g/mol. The van der Waals surface area contributed by atoms with E-state index in [1.54, 1.807) is 4.90 Å². The monoisotopic (exact) mass is 568 g/mol. The van der Waals surface area contributed by atoms with Gasteiger partial charge in [-0.25, -0.2) is 12.7 Å². The summed E-state index contributed by atoms with van der Waals surface area (Å²) < 4.78 is 31.4. The van der Waals surface area contributed by atoms with E-state index in [0.717, 1.165) is 34.3 Å². The molecule has 0 unspecified atom stereocenters. The number of benzene rings is 2. The first-order chi connectivity index (χ1) is 18.7. The molecule has 11 heteroatoms. The molecule has 3 heterocycles. The van der Waals surface area contributed by atoms with Crippen molar-refractivity contribution in [3.8, 4) is 0 Å². The minimum Gasteiger partial charge on any atom is -0.378 e. The zero-order chi connectivity index (χ0) is 27.6. The lowest BCUT2D eigenvalue weighted by Gasteiger charge is -2.29. The van der Waals surface area contributed by atoms with E-state index in [-0.39, 0.29) is 16.7 Å². The molecule has 2 aliphatic heterocycles. The van der Waals surface area contributed by atoms with Crippen molar-refractivity contribution in [2.24, 2.45) is 0 Å². The molecule has 0 bridgehead atoms. The minimum absolute atomic E-state index is 0.0879. The van der Waals surface area contributed by atoms with Crippen LogP contribution >= 0.6 is 11.3 Å². The Morgan fingerprint density at radius 3 is 2.36 bits per heavy atom. The Balaban J connectivity index is 1.41. The highest BCUT2D eigenvalue weighted by atomic mass is 32.2. The first kappa shape index (κ1) is 27.5. The van der Waals surface area contributed by atoms with Gasteiger partial charge in [-0.15, -0.1) is 11.3 Å². The highest BCUT2D eigenvalue weighted by Gasteiger charge is 2.32. The molecule has 1 fully saturated rings. The second kappa shape index (κ2) is 11.6. The highest BCUT2D eigenvalue weighted by Crippen LogP contribution is 2.38. The molecule has 2 aromatic carbocycles. The zero-order valence-electron chi connectivity index (χ0n) is 22.1. The SMILES string of the molecule is CN(C)S(=O)(=O)c1ccc(C(=O)Nc2sc3c(c2C(=O)N2CCOCC2)CCN(Cc2ccccc2)C3)cc1. The van der Waals surface area contributed by atoms with Crippen LogP contribution in [0.15, 0.2) is 59.5 Å². The van der Waals surface area contributed by atoms with Gasteiger partial charge in [-0.1, -0.05) is 30.3 Å². The first-order valence-electron chi connectivity index (χ1n) is 12.9. The topological polar surface area (TPSA) is 99.3 Å². The molecule has 0 spiro atoms. The maximum atomic E-state index is 13.7. The number of thiophene rings is 1. The van der Waals surface area contributed by atoms with Crippen LogP contribution in [-0.2, 0) is 34.3 Å². The fourth-order valence-corrected chi connectivity index (χ4v) is 7.02. The van der Waals surface area contributed by atoms with Crippen LogP contribution in [0.4, 0.5) is 5.00 Å². The average molecular weight is 569 g/mol. The lowest BCUT2D eigenvalue weighted by molar-refractivity contribution is 0.0302. The van der Waals surface area contributed by atoms with E-state index in [2.05, 4.69) is 22.3 Å². The van der Waals surface area contributed by atoms with Gasteiger partial charge < -0.3 is 15.0 Å². The number of anilines is 1. The van der Waals surface area contributed by atoms with E-state index in [0.29, 0.717) is 49.0 Å². The highest BCUT2D eigenvalue weighted by molar-refractivity contribution is 7.89. The summed E-state index contributed by atoms with van der Waals surface area (Å²) in [5.41, 5.74) is 3.12. The van der Waals surface area contributed by atoms with Crippen molar-refractivity contribution < 1.29 is 22.7 Å². The van der Waals surface area contributed by atoms with E-state index in [1.165, 1.54) is 55.3 Å². The van der Waals surface area contributed by atoms with Crippen molar-refractivity contribution in [3.63, 3.8) is 0 Å². The third kappa shape index (κ3) is 5.92. The van der Waals surface area contributed by atoms with Crippen molar-refractivity contribution >= 4 is 38.2 Å². The molecule has 2 aliphatic rings. The van der Waals surface area contributed by atoms with Gasteiger partial charge in [0.05, 0.1) is 23.7 Å². The molecule has 5 rings (SSSR count). The minimum atomic E-state index is -3.60. The molecule has 206 valence electrons. The molecule has 1 N–H and O–H groups in total. The van der Waals surface area contributed by atoms with Gasteiger partial charge in [-0.05, 0) is 41.8 Å². The van der Waals surface area contributed by atoms with Crippen LogP contribution in [0, 0.1) is 0 Å². The van der Waals surface area contributed by atoms with E-state index < -0.39 is 10.0 Å². The predicted octanol–water partition coefficient (Wildman–Crippen LogP) is 3.28. The third-order valence-electron chi connectivity index (χ3n) is 7.02. The summed E-state index contributed by atoms with van der Waals surface area (Å²) in [6.07, 6.45) is 0.719. The van der Waals surface area contributed by atoms with Gasteiger partial charge in [0.1, 0.15) is 5.00 Å². The second-order valence-corrected chi connectivity index (χ2v) is 13.1. The predicted molar refractivity (Wildman–Crippen MR) is 151 cm³/mol. The van der Waals surface area contributed by atoms with Crippen LogP contribution in [0.5, 0.6) is 0 Å². The van der Waals surface area contributed by atoms with Crippen LogP contribution < -0.4 is 5.32 Å². The van der Waals surface area contributed by atoms with Crippen molar-refractivity contribution in [2.75, 3.05) is 52.3 Å². The molecule has 1 saturated heterocycles. The molecule has 0 aliphatic carbocycles. The van der Waals surface area contributed by atoms with E-state index in [9.17, 15) is 18.0 Å². The van der Waals surface area contributed by atoms with Gasteiger partial charge in [0.2, 0.25) is 10.0 Å². The van der Waals surface area contributed by atoms with Gasteiger partial charge in [-0.3, -0.25) is 14.5 Å². The van der Waals surface area contributed by atoms with Gasteiger partial charge >= 0.3 is 0 Å². The quantitative estimate of drug-likeness (QED) is 0.470. The number of nitrogens with zero attached hydrogens (tertiary/aromatic N) is 3. The lowest BCUT2D eigenvalue weighted by Crippen LogP contribution is -2.41. The zero-order valence-corrected chi connectivity index (χ0v) is 23.7. The van der Waals surface area contributed by atoms with E-state index in [1.807, 2.05) is 18.2 Å². The molecule has 39 heavy (non-hydrogen) atoms. The Kier molecular flexibility index (Phi) is 8.15. The summed E-state index contributed by atoms with van der Waals surface area (Å²) in [5, 5.41) is 3.51. The number of hydrogen-bond acceptors (Lipinski definition) is 7. The summed E-state index contributed by atoms with van der Waals surface area (Å²) in [7, 11) is -0.678. The summed E-state index contributed by atoms with van der Waals surface area (Å²) in [6.45, 7) is 4.34. The summed E-state index contributed by atoms with van der Waals surface area (Å²) >= 11 is 1.45. The molecule has 0 radical (unpaired) electrons. The van der Waals surface area contributed by atoms with E-state index in [4.69, 9.17) is 4.74 Å². The van der Waals surface area contributed by atoms with Crippen molar-refractivity contribution in [1.82, 2.24) is 14.1 Å². The van der Waals surface area contributed by atoms with Crippen molar-refractivity contribution in [3.05, 3.63) is 81.7 Å². The Morgan fingerprint density at radius 1 is 1.00 bits per heavy atom. The summed E-state index contributed by atoms with van der Waals surface area (Å²) in [4.78, 5) is 32.3. The molecular formula is C28H32N4O5S2. The van der Waals surface area contributed by atoms with Crippen molar-refractivity contribution in [1.29, 1.82) is 0 Å². The second-order valence-electron chi connectivity index (χ2n) is 9.82. The van der Waals surface area contributed by atoms with Gasteiger partial charge in [0.15, 0.2) is 0 Å². The molecule has 1 aromatic heterocycles. The number of amides is 2. The number of rotatable bonds is 7. The maximum absolute atomic E-state index is 13.7. The standard InChI is InChI=1S/C28H32N4O5S2/c1-30(2)39(35,36)22-10-8-21(9-11-22)26(33)29-27-25(28(34)32-14-16-37-17-15-32)23-12-13-31(19-24(23)38-27)18-20-6-4-3-5-7-20/h3-11H,12-19H2,1-2H3,(H,29,33). The van der Waals surface area contributed by atoms with Crippen LogP contribution in [-0.4, -0.2) is 81.3 Å². The van der Waals surface area contributed by atoms with Crippen molar-refractivity contribution in [2.45, 2.75) is 24.4 Å². The number of carbonyl (C=O) groups excluding carboxylic acids is 2. The largest absolute Gasteiger partial charge is 0.378 e. The van der Waals surface area contributed by atoms with Crippen LogP contribution in [0.2, 0.25) is 0 Å². The number of nitrogens with one attached hydrogen (secondary N) is 1. The van der Waals surface area contributed by atoms with Gasteiger partial charge in [-0.2, -0.15) is 0 Å². The normalized spacial score (nSPS) is 16.2. The Bertz CT molecular complexity index is 1450. The fourth-order valence-electron chi connectivity index (χ4n) is 4.84. The number of morpholine rings is 1. The van der Waals surface area contributed by atoms with Crippen LogP contribution in [0.3, 0.4) is 0 Å². The smallest absolute Gasteiger partial charge is 0.257 e. The Hall–Kier alpha value is -3.09. The number of sulfonamides is 1. The van der Waals surface area contributed by atoms with Crippen LogP contribution in [0.1, 0.15) is 36.7 Å². The number of hydrogen-bond donors (Lipinski definition) is 1. The fraction of sp³-hybridized carbons (Fsp3) is 0.357. The van der Waals surface area contributed by atoms with E-state index >= 15 is 0 Å². The summed E-state index contributed by atoms with van der Waals surface area (Å²) in [6, 6.07) is 16.1. The molecule has 9 nitrogen and oxygen atoms in total. The molecule has 3 aromatic rings. The molecule has 0 saturated carbocycles. The average Bonchev–Trinajstić information content (AvgIpc) is 3.30. The maximum Gasteiger partial charge on any atom is 0.257 e. The third-order valence-corrected chi connectivity index (χ3v) is 9.98. The molecule has 0 atom stereocenters. The Morgan fingerprint density at radius 2 is 1.69 bits per heavy atom. The summed E-state index contributed by atoms with van der Waals surface area (Å²) in [5.74, 6) is -0.477. The Labute approximate surface area is 233 Å². The molecule has 2 amide bonds. The van der Waals surface area contributed by atoms with Gasteiger partial charge in [0.25, 0.3) is 11.8 Å². The lowest BCUT2D eigenvalue weighted by atomic mass is 10.0. The number of carbonyl (C=O) groups is 2. The van der Waals surface area contributed by atoms with Gasteiger partial charge in [0, 0.05) is 57.3 Å². The number of ether oxygens (including phenoxy) is 1. The number of fused-ring (bicyclic) bond motifs is 1.